The van der Waals surface area contributed by atoms with Gasteiger partial charge in [0.25, 0.3) is 0 Å². The molecule has 106 heavy (non-hydrogen) atoms. The number of Topliss-reactive ketones (excluding diaryl/α,β-unsaturated/α-hetero) is 6. The fraction of sp³-hybridized carbons (Fsp3) is 0.593. The van der Waals surface area contributed by atoms with Crippen LogP contribution in [0, 0.1) is 39.9 Å². The maximum absolute atomic E-state index is 13.7. The topological polar surface area (TPSA) is 148 Å². The second-order valence-corrected chi connectivity index (χ2v) is 36.3. The van der Waals surface area contributed by atoms with E-state index >= 15 is 0 Å². The monoisotopic (exact) mass is 1610 g/mol. The normalized spacial score (nSPS) is 15.4. The van der Waals surface area contributed by atoms with Crippen molar-refractivity contribution >= 4 is 83.4 Å². The molecule has 4 aromatic carbocycles. The molecule has 1 atom stereocenters. The van der Waals surface area contributed by atoms with E-state index in [4.69, 9.17) is 21.1 Å². The van der Waals surface area contributed by atoms with E-state index in [1.54, 1.807) is 74.9 Å². The number of alkyl halides is 2. The maximum Gasteiger partial charge on any atom is 0.221 e. The van der Waals surface area contributed by atoms with Gasteiger partial charge in [0.2, 0.25) is 5.24 Å². The SMILES string of the molecule is CC(C)CN1C=C(C(=O)CCCCCBr)C(C)(C)CC1.CC(C)CN1C=CC(C)(C)CC1.COc1ccc(C(=O)C(CCCCCC(=O)C2=CN(CC(C)C)CCC2(C)C)C(=O)c2ccc(C(C)(C)C)cc2)cc1.COc1ccc(C(=O)CC(=O)c2ccc(C(C)(C)C)cc2)cc1.O=C(Cl)CCCCCBr. The summed E-state index contributed by atoms with van der Waals surface area (Å²) in [6.45, 7) is 46.0. The van der Waals surface area contributed by atoms with E-state index in [0.29, 0.717) is 88.9 Å². The first kappa shape index (κ1) is 94.2. The van der Waals surface area contributed by atoms with Gasteiger partial charge in [-0.3, -0.25) is 33.6 Å². The number of hydrogen-bond donors (Lipinski definition) is 0. The Kier molecular flexibility index (Phi) is 41.4. The van der Waals surface area contributed by atoms with E-state index in [-0.39, 0.29) is 62.2 Å². The van der Waals surface area contributed by atoms with Crippen LogP contribution >= 0.6 is 43.5 Å². The number of methoxy groups -OCH3 is 2. The predicted molar refractivity (Wildman–Crippen MR) is 450 cm³/mol. The van der Waals surface area contributed by atoms with Gasteiger partial charge in [-0.05, 0) is 180 Å². The molecule has 3 heterocycles. The Labute approximate surface area is 663 Å². The Hall–Kier alpha value is -5.96. The van der Waals surface area contributed by atoms with Gasteiger partial charge in [0.15, 0.2) is 34.7 Å². The minimum absolute atomic E-state index is 0.0209. The largest absolute Gasteiger partial charge is 0.497 e. The molecule has 12 nitrogen and oxygen atoms in total. The van der Waals surface area contributed by atoms with Crippen LogP contribution in [0.25, 0.3) is 0 Å². The molecule has 0 saturated heterocycles. The number of carbonyl (C=O) groups is 7. The van der Waals surface area contributed by atoms with Crippen molar-refractivity contribution < 1.29 is 43.0 Å². The molecule has 0 bridgehead atoms. The van der Waals surface area contributed by atoms with Crippen molar-refractivity contribution in [2.45, 2.75) is 245 Å². The van der Waals surface area contributed by atoms with Crippen molar-refractivity contribution in [2.75, 3.05) is 64.1 Å². The zero-order chi connectivity index (χ0) is 79.6. The Bertz CT molecular complexity index is 3440. The smallest absolute Gasteiger partial charge is 0.221 e. The molecule has 0 N–H and O–H groups in total. The van der Waals surface area contributed by atoms with Gasteiger partial charge < -0.3 is 24.2 Å². The standard InChI is InChI=1S/C37H51NO4.C20H22O3.C17H30BrNO.C11H21N.C6H10BrClO/c1-26(2)24-38-23-22-37(6,7)32(25-38)33(39)13-11-9-10-12-31(35(41)28-16-20-30(42-8)21-17-28)34(40)27-14-18-29(19-15-27)36(3,4)5;1-20(2,3)16-9-5-14(6-10-16)18(21)13-19(22)15-7-11-17(23-4)12-8-15;1-14(2)12-19-11-9-17(3,4)15(13-19)16(20)8-6-5-7-10-18;1-10(2)9-12-7-5-11(3,4)6-8-12;7-5-3-1-2-4-6(8)9/h14-21,25-26,31H,9-13,22-24H2,1-8H3;5-12H,13H2,1-4H3;13-14H,5-12H2,1-4H3;5,7,10H,6,8-9H2,1-4H3;1-5H2. The molecule has 0 fully saturated rings. The van der Waals surface area contributed by atoms with E-state index in [0.717, 1.165) is 129 Å². The molecule has 0 spiro atoms. The summed E-state index contributed by atoms with van der Waals surface area (Å²) in [5.74, 6) is 2.47. The first-order valence-corrected chi connectivity index (χ1v) is 41.7. The number of halogens is 3. The third-order valence-electron chi connectivity index (χ3n) is 19.6. The highest BCUT2D eigenvalue weighted by molar-refractivity contribution is 9.09. The lowest BCUT2D eigenvalue weighted by Gasteiger charge is -2.37. The van der Waals surface area contributed by atoms with Crippen molar-refractivity contribution in [3.8, 4) is 11.5 Å². The fourth-order valence-electron chi connectivity index (χ4n) is 12.7. The highest BCUT2D eigenvalue weighted by Crippen LogP contribution is 2.38. The summed E-state index contributed by atoms with van der Waals surface area (Å²) in [5, 5.41) is 1.84. The molecule has 588 valence electrons. The van der Waals surface area contributed by atoms with Gasteiger partial charge in [0.1, 0.15) is 11.5 Å². The number of ketones is 6. The zero-order valence-electron chi connectivity index (χ0n) is 68.7. The van der Waals surface area contributed by atoms with Gasteiger partial charge in [-0.25, -0.2) is 0 Å². The third-order valence-corrected chi connectivity index (χ3v) is 20.9. The van der Waals surface area contributed by atoms with Crippen LogP contribution in [0.3, 0.4) is 0 Å². The molecule has 0 aliphatic carbocycles. The van der Waals surface area contributed by atoms with E-state index in [2.05, 4.69) is 196 Å². The van der Waals surface area contributed by atoms with Crippen molar-refractivity contribution in [3.05, 3.63) is 166 Å². The molecule has 0 amide bonds. The summed E-state index contributed by atoms with van der Waals surface area (Å²) < 4.78 is 10.3. The van der Waals surface area contributed by atoms with Crippen molar-refractivity contribution in [1.82, 2.24) is 14.7 Å². The van der Waals surface area contributed by atoms with E-state index in [1.165, 1.54) is 19.5 Å². The molecule has 1 unspecified atom stereocenters. The quantitative estimate of drug-likeness (QED) is 0.0144. The Morgan fingerprint density at radius 3 is 1.12 bits per heavy atom. The molecule has 0 radical (unpaired) electrons. The zero-order valence-corrected chi connectivity index (χ0v) is 72.6. The highest BCUT2D eigenvalue weighted by atomic mass is 79.9. The third kappa shape index (κ3) is 35.2. The van der Waals surface area contributed by atoms with E-state index in [1.807, 2.05) is 36.4 Å². The van der Waals surface area contributed by atoms with Crippen LogP contribution in [0.2, 0.25) is 0 Å². The predicted octanol–water partition coefficient (Wildman–Crippen LogP) is 23.3. The lowest BCUT2D eigenvalue weighted by molar-refractivity contribution is -0.117. The number of nitrogens with zero attached hydrogens (tertiary/aromatic N) is 3. The Morgan fingerprint density at radius 1 is 0.443 bits per heavy atom. The number of allylic oxidation sites excluding steroid dienone is 3. The number of ether oxygens (including phenoxy) is 2. The molecule has 15 heteroatoms. The van der Waals surface area contributed by atoms with Crippen LogP contribution in [0.5, 0.6) is 11.5 Å². The summed E-state index contributed by atoms with van der Waals surface area (Å²) in [4.78, 5) is 94.7. The maximum atomic E-state index is 13.7. The second kappa shape index (κ2) is 46.5. The Balaban J connectivity index is 0.000000383. The fourth-order valence-corrected chi connectivity index (χ4v) is 13.7. The van der Waals surface area contributed by atoms with Crippen molar-refractivity contribution in [1.29, 1.82) is 0 Å². The summed E-state index contributed by atoms with van der Waals surface area (Å²) in [5.41, 5.74) is 6.80. The average Bonchev–Trinajstić information content (AvgIpc) is 0.820. The summed E-state index contributed by atoms with van der Waals surface area (Å²) in [7, 11) is 3.16. The van der Waals surface area contributed by atoms with Gasteiger partial charge in [-0.15, -0.1) is 0 Å². The van der Waals surface area contributed by atoms with Gasteiger partial charge >= 0.3 is 0 Å². The van der Waals surface area contributed by atoms with Gasteiger partial charge in [-0.2, -0.15) is 0 Å². The molecule has 3 aliphatic heterocycles. The van der Waals surface area contributed by atoms with Crippen LogP contribution in [-0.4, -0.2) is 119 Å². The highest BCUT2D eigenvalue weighted by Gasteiger charge is 2.35. The lowest BCUT2D eigenvalue weighted by atomic mass is 9.76. The molecular formula is C91H134Br2ClN3O9. The van der Waals surface area contributed by atoms with E-state index in [9.17, 15) is 33.6 Å². The minimum Gasteiger partial charge on any atom is -0.497 e. The second-order valence-electron chi connectivity index (χ2n) is 34.3. The van der Waals surface area contributed by atoms with Crippen LogP contribution in [0.15, 0.2) is 133 Å². The van der Waals surface area contributed by atoms with Gasteiger partial charge in [-0.1, -0.05) is 237 Å². The van der Waals surface area contributed by atoms with Crippen LogP contribution in [-0.2, 0) is 25.2 Å². The first-order valence-electron chi connectivity index (χ1n) is 39.0. The lowest BCUT2D eigenvalue weighted by Crippen LogP contribution is -2.36. The number of unbranched alkanes of at least 4 members (excludes halogenated alkanes) is 6. The molecule has 0 aromatic heterocycles. The molecular weight excluding hydrogens is 1470 g/mol. The Morgan fingerprint density at radius 2 is 0.783 bits per heavy atom. The number of hydrogen-bond acceptors (Lipinski definition) is 12. The number of rotatable bonds is 34. The van der Waals surface area contributed by atoms with Gasteiger partial charge in [0, 0.05) is 115 Å². The molecule has 7 rings (SSSR count). The minimum atomic E-state index is -0.765. The van der Waals surface area contributed by atoms with Crippen molar-refractivity contribution in [3.63, 3.8) is 0 Å². The first-order chi connectivity index (χ1) is 49.7. The van der Waals surface area contributed by atoms with E-state index < -0.39 is 5.92 Å². The van der Waals surface area contributed by atoms with Crippen molar-refractivity contribution in [2.24, 2.45) is 39.9 Å². The average molecular weight is 1610 g/mol. The molecule has 0 saturated carbocycles. The number of carbonyl (C=O) groups excluding carboxylic acids is 7. The summed E-state index contributed by atoms with van der Waals surface area (Å²) in [6.07, 6.45) is 22.9. The van der Waals surface area contributed by atoms with Crippen LogP contribution in [0.1, 0.15) is 286 Å². The van der Waals surface area contributed by atoms with Crippen LogP contribution in [0.4, 0.5) is 0 Å². The summed E-state index contributed by atoms with van der Waals surface area (Å²) >= 11 is 11.8. The molecule has 3 aliphatic rings. The number of benzene rings is 4. The van der Waals surface area contributed by atoms with Gasteiger partial charge in [0.05, 0.1) is 26.6 Å². The summed E-state index contributed by atoms with van der Waals surface area (Å²) in [6, 6.07) is 28.9. The molecule has 4 aromatic rings. The van der Waals surface area contributed by atoms with Crippen LogP contribution < -0.4 is 9.47 Å².